The summed E-state index contributed by atoms with van der Waals surface area (Å²) in [6, 6.07) is 18.6. The van der Waals surface area contributed by atoms with Gasteiger partial charge in [-0.3, -0.25) is 0 Å². The SMILES string of the molecule is CC1(C)OCC(COc2ccc(-c3c(C#N)c(N)nc(SCc4coc(-c5ccc(Cl)cc5)n4)c3C#N)cc2)O1. The maximum atomic E-state index is 10.1. The Bertz CT molecular complexity index is 1610. The zero-order valence-electron chi connectivity index (χ0n) is 21.7. The van der Waals surface area contributed by atoms with Crippen molar-refractivity contribution in [1.29, 1.82) is 10.5 Å². The van der Waals surface area contributed by atoms with Crippen LogP contribution >= 0.6 is 23.4 Å². The number of thioether (sulfide) groups is 1. The lowest BCUT2D eigenvalue weighted by atomic mass is 9.97. The average Bonchev–Trinajstić information content (AvgIpc) is 3.56. The first kappa shape index (κ1) is 27.5. The van der Waals surface area contributed by atoms with Gasteiger partial charge < -0.3 is 24.4 Å². The molecule has 2 N–H and O–H groups in total. The number of nitrogen functional groups attached to an aromatic ring is 1. The number of nitriles is 2. The smallest absolute Gasteiger partial charge is 0.226 e. The van der Waals surface area contributed by atoms with Gasteiger partial charge in [-0.15, -0.1) is 0 Å². The Morgan fingerprint density at radius 1 is 1.05 bits per heavy atom. The number of anilines is 1. The van der Waals surface area contributed by atoms with Crippen molar-refractivity contribution in [2.45, 2.75) is 36.5 Å². The highest BCUT2D eigenvalue weighted by molar-refractivity contribution is 7.98. The summed E-state index contributed by atoms with van der Waals surface area (Å²) in [5, 5.41) is 21.0. The lowest BCUT2D eigenvalue weighted by molar-refractivity contribution is -0.141. The highest BCUT2D eigenvalue weighted by Crippen LogP contribution is 2.37. The Hall–Kier alpha value is -4.06. The van der Waals surface area contributed by atoms with E-state index >= 15 is 0 Å². The number of nitrogens with two attached hydrogens (primary N) is 1. The summed E-state index contributed by atoms with van der Waals surface area (Å²) in [6.07, 6.45) is 1.39. The third-order valence-electron chi connectivity index (χ3n) is 6.06. The quantitative estimate of drug-likeness (QED) is 0.242. The van der Waals surface area contributed by atoms with Gasteiger partial charge in [0.25, 0.3) is 0 Å². The van der Waals surface area contributed by atoms with Crippen molar-refractivity contribution >= 4 is 29.2 Å². The van der Waals surface area contributed by atoms with Crippen LogP contribution in [0.4, 0.5) is 5.82 Å². The third-order valence-corrected chi connectivity index (χ3v) is 7.32. The molecule has 2 aromatic heterocycles. The normalized spacial score (nSPS) is 15.9. The monoisotopic (exact) mass is 573 g/mol. The number of oxazole rings is 1. The van der Waals surface area contributed by atoms with Crippen LogP contribution in [0.5, 0.6) is 5.75 Å². The second-order valence-corrected chi connectivity index (χ2v) is 10.8. The Balaban J connectivity index is 1.35. The highest BCUT2D eigenvalue weighted by Gasteiger charge is 2.33. The van der Waals surface area contributed by atoms with Crippen LogP contribution in [0.3, 0.4) is 0 Å². The lowest BCUT2D eigenvalue weighted by Crippen LogP contribution is -2.25. The first-order valence-corrected chi connectivity index (χ1v) is 13.6. The Kier molecular flexibility index (Phi) is 7.97. The van der Waals surface area contributed by atoms with E-state index in [0.717, 1.165) is 5.56 Å². The van der Waals surface area contributed by atoms with Crippen LogP contribution in [-0.4, -0.2) is 35.1 Å². The summed E-state index contributed by atoms with van der Waals surface area (Å²) >= 11 is 7.25. The molecule has 9 nitrogen and oxygen atoms in total. The van der Waals surface area contributed by atoms with Crippen LogP contribution in [0.25, 0.3) is 22.6 Å². The first-order chi connectivity index (χ1) is 19.3. The summed E-state index contributed by atoms with van der Waals surface area (Å²) in [7, 11) is 0. The van der Waals surface area contributed by atoms with E-state index in [4.69, 9.17) is 36.0 Å². The van der Waals surface area contributed by atoms with Crippen molar-refractivity contribution in [1.82, 2.24) is 9.97 Å². The fourth-order valence-electron chi connectivity index (χ4n) is 4.18. The zero-order chi connectivity index (χ0) is 28.3. The number of halogens is 1. The predicted octanol–water partition coefficient (Wildman–Crippen LogP) is 6.21. The van der Waals surface area contributed by atoms with Crippen molar-refractivity contribution in [3.05, 3.63) is 76.6 Å². The highest BCUT2D eigenvalue weighted by atomic mass is 35.5. The Morgan fingerprint density at radius 2 is 1.75 bits per heavy atom. The fourth-order valence-corrected chi connectivity index (χ4v) is 5.18. The molecule has 11 heteroatoms. The van der Waals surface area contributed by atoms with Crippen molar-refractivity contribution in [2.24, 2.45) is 0 Å². The number of ether oxygens (including phenoxy) is 3. The lowest BCUT2D eigenvalue weighted by Gasteiger charge is -2.17. The summed E-state index contributed by atoms with van der Waals surface area (Å²) in [4.78, 5) is 8.89. The number of aromatic nitrogens is 2. The molecule has 1 atom stereocenters. The van der Waals surface area contributed by atoms with Gasteiger partial charge >= 0.3 is 0 Å². The van der Waals surface area contributed by atoms with Crippen LogP contribution in [0, 0.1) is 22.7 Å². The minimum Gasteiger partial charge on any atom is -0.491 e. The van der Waals surface area contributed by atoms with Gasteiger partial charge in [0, 0.05) is 21.9 Å². The van der Waals surface area contributed by atoms with E-state index in [2.05, 4.69) is 22.1 Å². The van der Waals surface area contributed by atoms with E-state index in [1.54, 1.807) is 42.7 Å². The van der Waals surface area contributed by atoms with Gasteiger partial charge in [0.2, 0.25) is 5.89 Å². The molecule has 40 heavy (non-hydrogen) atoms. The number of benzene rings is 2. The Morgan fingerprint density at radius 3 is 2.40 bits per heavy atom. The summed E-state index contributed by atoms with van der Waals surface area (Å²) in [5.41, 5.74) is 9.08. The molecular formula is C29H24ClN5O4S. The molecule has 1 aliphatic heterocycles. The maximum Gasteiger partial charge on any atom is 0.226 e. The molecule has 202 valence electrons. The molecule has 0 spiro atoms. The minimum atomic E-state index is -0.622. The van der Waals surface area contributed by atoms with E-state index in [9.17, 15) is 10.5 Å². The largest absolute Gasteiger partial charge is 0.491 e. The first-order valence-electron chi connectivity index (χ1n) is 12.3. The van der Waals surface area contributed by atoms with Gasteiger partial charge in [-0.2, -0.15) is 10.5 Å². The molecular weight excluding hydrogens is 550 g/mol. The van der Waals surface area contributed by atoms with E-state index in [1.165, 1.54) is 11.8 Å². The molecule has 0 saturated carbocycles. The standard InChI is InChI=1S/C29H24ClN5O4S/c1-29(2)38-15-22(39-29)14-36-21-9-5-17(6-10-21)25-23(11-31)26(33)35-28(24(25)12-32)40-16-20-13-37-27(34-20)18-3-7-19(30)8-4-18/h3-10,13,22H,14-16H2,1-2H3,(H2,33,35). The van der Waals surface area contributed by atoms with Gasteiger partial charge in [-0.1, -0.05) is 35.5 Å². The van der Waals surface area contributed by atoms with Crippen molar-refractivity contribution in [3.8, 4) is 40.5 Å². The molecule has 2 aromatic carbocycles. The molecule has 3 heterocycles. The molecule has 1 unspecified atom stereocenters. The third kappa shape index (κ3) is 6.06. The van der Waals surface area contributed by atoms with Gasteiger partial charge in [0.05, 0.1) is 17.9 Å². The van der Waals surface area contributed by atoms with E-state index in [-0.39, 0.29) is 23.0 Å². The molecule has 4 aromatic rings. The zero-order valence-corrected chi connectivity index (χ0v) is 23.3. The number of hydrogen-bond acceptors (Lipinski definition) is 10. The minimum absolute atomic E-state index is 0.0438. The number of nitrogens with zero attached hydrogens (tertiary/aromatic N) is 4. The Labute approximate surface area is 240 Å². The maximum absolute atomic E-state index is 10.1. The molecule has 1 aliphatic rings. The van der Waals surface area contributed by atoms with Crippen LogP contribution in [0.2, 0.25) is 5.02 Å². The topological polar surface area (TPSA) is 140 Å². The van der Waals surface area contributed by atoms with Crippen molar-refractivity contribution in [2.75, 3.05) is 18.9 Å². The molecule has 0 amide bonds. The summed E-state index contributed by atoms with van der Waals surface area (Å²) in [5.74, 6) is 0.873. The van der Waals surface area contributed by atoms with Crippen LogP contribution in [0.15, 0.2) is 64.2 Å². The second kappa shape index (κ2) is 11.6. The molecule has 1 saturated heterocycles. The molecule has 0 bridgehead atoms. The van der Waals surface area contributed by atoms with Gasteiger partial charge in [-0.25, -0.2) is 9.97 Å². The summed E-state index contributed by atoms with van der Waals surface area (Å²) in [6.45, 7) is 4.51. The average molecular weight is 574 g/mol. The van der Waals surface area contributed by atoms with Crippen LogP contribution in [0.1, 0.15) is 30.7 Å². The van der Waals surface area contributed by atoms with E-state index < -0.39 is 5.79 Å². The van der Waals surface area contributed by atoms with Crippen LogP contribution in [-0.2, 0) is 15.2 Å². The predicted molar refractivity (Wildman–Crippen MR) is 150 cm³/mol. The second-order valence-electron chi connectivity index (χ2n) is 9.38. The van der Waals surface area contributed by atoms with Gasteiger partial charge in [0.15, 0.2) is 5.79 Å². The van der Waals surface area contributed by atoms with Crippen molar-refractivity contribution < 1.29 is 18.6 Å². The number of hydrogen-bond donors (Lipinski definition) is 1. The molecule has 0 aliphatic carbocycles. The van der Waals surface area contributed by atoms with Gasteiger partial charge in [0.1, 0.15) is 53.3 Å². The number of rotatable bonds is 8. The van der Waals surface area contributed by atoms with Gasteiger partial charge in [-0.05, 0) is 55.8 Å². The number of pyridine rings is 1. The van der Waals surface area contributed by atoms with Crippen LogP contribution < -0.4 is 10.5 Å². The molecule has 5 rings (SSSR count). The fraction of sp³-hybridized carbons (Fsp3) is 0.241. The molecule has 0 radical (unpaired) electrons. The summed E-state index contributed by atoms with van der Waals surface area (Å²) < 4.78 is 22.8. The van der Waals surface area contributed by atoms with E-state index in [0.29, 0.717) is 57.5 Å². The molecule has 1 fully saturated rings. The van der Waals surface area contributed by atoms with E-state index in [1.807, 2.05) is 26.0 Å². The van der Waals surface area contributed by atoms with Crippen molar-refractivity contribution in [3.63, 3.8) is 0 Å².